The number of H-pyrrole nitrogens is 3. The molecule has 0 saturated heterocycles. The van der Waals surface area contributed by atoms with Gasteiger partial charge in [-0.2, -0.15) is 4.98 Å². The summed E-state index contributed by atoms with van der Waals surface area (Å²) in [6, 6.07) is 20.9. The van der Waals surface area contributed by atoms with Crippen molar-refractivity contribution in [2.24, 2.45) is 0 Å². The molecule has 0 fully saturated rings. The highest BCUT2D eigenvalue weighted by Gasteiger charge is 2.35. The monoisotopic (exact) mass is 1860 g/mol. The van der Waals surface area contributed by atoms with Crippen LogP contribution in [-0.4, -0.2) is 232 Å². The third-order valence-corrected chi connectivity index (χ3v) is 21.6. The molecule has 14 N–H and O–H groups in total. The Morgan fingerprint density at radius 2 is 1.15 bits per heavy atom. The zero-order valence-electron chi connectivity index (χ0n) is 75.7. The van der Waals surface area contributed by atoms with Crippen LogP contribution in [0.2, 0.25) is 0 Å². The molecule has 40 nitrogen and oxygen atoms in total. The number of benzene rings is 3. The third kappa shape index (κ3) is 30.0. The van der Waals surface area contributed by atoms with Crippen molar-refractivity contribution >= 4 is 145 Å². The van der Waals surface area contributed by atoms with Gasteiger partial charge in [0.15, 0.2) is 45.7 Å². The number of nitrogen functional groups attached to an aromatic ring is 1. The first kappa shape index (κ1) is 102. The topological polar surface area (TPSA) is 576 Å². The molecule has 0 spiro atoms. The van der Waals surface area contributed by atoms with E-state index in [4.69, 9.17) is 58.3 Å². The predicted molar refractivity (Wildman–Crippen MR) is 496 cm³/mol. The maximum absolute atomic E-state index is 13.5. The highest BCUT2D eigenvalue weighted by molar-refractivity contribution is 6.11. The molecule has 2 aliphatic heterocycles. The van der Waals surface area contributed by atoms with E-state index in [2.05, 4.69) is 68.4 Å². The Kier molecular flexibility index (Phi) is 38.3. The Hall–Kier alpha value is -15.0. The molecule has 0 saturated carbocycles. The molecule has 0 aliphatic carbocycles. The van der Waals surface area contributed by atoms with Crippen LogP contribution in [0.25, 0.3) is 62.6 Å². The number of methoxy groups -OCH3 is 2. The highest BCUT2D eigenvalue weighted by atomic mass is 16.6. The van der Waals surface area contributed by atoms with Gasteiger partial charge in [0.25, 0.3) is 11.5 Å². The Balaban J connectivity index is 0.537. The van der Waals surface area contributed by atoms with Crippen molar-refractivity contribution in [3.63, 3.8) is 0 Å². The maximum atomic E-state index is 13.5. The zero-order valence-corrected chi connectivity index (χ0v) is 75.7. The van der Waals surface area contributed by atoms with Gasteiger partial charge < -0.3 is 106 Å². The lowest BCUT2D eigenvalue weighted by Crippen LogP contribution is -2.44. The molecular weight excluding hydrogens is 1750 g/mol. The van der Waals surface area contributed by atoms with E-state index in [1.807, 2.05) is 39.8 Å². The standard InChI is InChI=1S/C95H109N15O25/c1-9-64-53(3)68-47-70-55(5)66(86(106-70)67(46-82(117)118)87-85(93(123)124)56(6)71(107-87)49-73-65(10-2)54(4)69(105-73)48-72(64)104-68)27-30-80(115)99-33-37-131-40-39-129-35-31-97-78(113)13-11-15-83(119)134-74-28-19-57(43-76(74)127-7)17-25-62(111)45-63(112)26-18-58-20-29-75(77(44-58)128-8)135-84(120)16-12-14-79(114)98-32-36-130-41-42-132-38-34-100-81(116)52-133-92(94(125)126)109-90(121)59-21-23-60(24-22-59)101-50-61-51-102-89-88(103-61)91(122)110-95(96)108-89/h9,17-26,28-29,43-44,47-49,51,55,66,92,101,104,107H,1,10-16,27,30-42,45-46,50,52H2,2-8H3,(H,97,113)(H,98,114)(H,99,115)(H,100,116)(H,109,121)(H,117,118)(H,123,124)(H,125,126)(H3,96,102,108,110,122)/b25-17+,26-18+,68-47?,69-48?,70-47?,71-49?,72-48?,73-49?,86-67?,87-67?/t55?,66-,92?/m0/s1. The van der Waals surface area contributed by atoms with Crippen molar-refractivity contribution < 1.29 is 115 Å². The number of esters is 2. The molecule has 40 heteroatoms. The number of carboxylic acid groups (broad SMARTS) is 3. The van der Waals surface area contributed by atoms with Crippen LogP contribution in [0.4, 0.5) is 11.6 Å². The van der Waals surface area contributed by atoms with E-state index in [1.165, 1.54) is 81.1 Å². The summed E-state index contributed by atoms with van der Waals surface area (Å²) in [7, 11) is 2.74. The number of rotatable bonds is 53. The van der Waals surface area contributed by atoms with Gasteiger partial charge in [0.05, 0.1) is 127 Å². The second kappa shape index (κ2) is 50.6. The number of anilines is 2. The number of amides is 5. The normalized spacial score (nSPS) is 13.1. The molecule has 3 aromatic carbocycles. The molecular formula is C95H109N15O25. The highest BCUT2D eigenvalue weighted by Crippen LogP contribution is 2.44. The van der Waals surface area contributed by atoms with Crippen molar-refractivity contribution in [2.75, 3.05) is 111 Å². The molecule has 5 amide bonds. The average Bonchev–Trinajstić information content (AvgIpc) is 1.60. The summed E-state index contributed by atoms with van der Waals surface area (Å²) in [6.45, 7) is 15.1. The minimum absolute atomic E-state index is 0.0126. The van der Waals surface area contributed by atoms with Gasteiger partial charge in [0.2, 0.25) is 35.8 Å². The number of hydrogen-bond acceptors (Lipinski definition) is 29. The van der Waals surface area contributed by atoms with E-state index in [1.54, 1.807) is 43.3 Å². The first-order valence-corrected chi connectivity index (χ1v) is 43.5. The molecule has 5 aromatic heterocycles. The SMILES string of the molecule is C=Cc1c(C)c2cc3nc(c(CC(=O)O)c4[nH]c(cc5nc(cc1[nH]2)C(C)=C5CC)c(C)c4C(=O)O)[C@@H](CCC(=O)NCCOCCOCCNC(=O)CCCC(=O)Oc1ccc(/C=C/C(=O)CC(=O)/C=C/c2ccc(OC(=O)CCCC(=O)NCCOCCOCCNC(=O)COC(NC(=O)c4ccc(NCc5cnc6nc(N)[nH]c(=O)c6n5)cc4)C(=O)O)c(OC)c2)cc1OC)C3C. The molecule has 7 heterocycles. The average molecular weight is 1860 g/mol. The number of aryl methyl sites for hydroxylation is 2. The molecule has 10 rings (SSSR count). The summed E-state index contributed by atoms with van der Waals surface area (Å²) in [4.78, 5) is 197. The van der Waals surface area contributed by atoms with Crippen LogP contribution < -0.4 is 62.1 Å². The third-order valence-electron chi connectivity index (χ3n) is 21.6. The van der Waals surface area contributed by atoms with E-state index >= 15 is 0 Å². The number of aromatic carboxylic acids is 1. The van der Waals surface area contributed by atoms with E-state index < -0.39 is 90.4 Å². The Morgan fingerprint density at radius 3 is 1.68 bits per heavy atom. The number of allylic oxidation sites excluding steroid dienone is 4. The van der Waals surface area contributed by atoms with Gasteiger partial charge in [-0.05, 0) is 159 Å². The van der Waals surface area contributed by atoms with E-state index in [9.17, 15) is 77.6 Å². The minimum atomic E-state index is -1.85. The quantitative estimate of drug-likeness (QED) is 0.00423. The second-order valence-electron chi connectivity index (χ2n) is 31.1. The molecule has 8 bridgehead atoms. The molecule has 2 unspecified atom stereocenters. The van der Waals surface area contributed by atoms with Crippen molar-refractivity contribution in [3.05, 3.63) is 187 Å². The summed E-state index contributed by atoms with van der Waals surface area (Å²) < 4.78 is 49.2. The summed E-state index contributed by atoms with van der Waals surface area (Å²) in [6.07, 6.45) is 6.89. The van der Waals surface area contributed by atoms with Gasteiger partial charge in [-0.3, -0.25) is 62.7 Å². The van der Waals surface area contributed by atoms with Crippen molar-refractivity contribution in [1.82, 2.24) is 66.5 Å². The van der Waals surface area contributed by atoms with Crippen LogP contribution in [0.3, 0.4) is 0 Å². The molecule has 0 radical (unpaired) electrons. The smallest absolute Gasteiger partial charge is 0.354 e. The van der Waals surface area contributed by atoms with Gasteiger partial charge in [-0.1, -0.05) is 50.8 Å². The zero-order chi connectivity index (χ0) is 97.2. The fraction of sp³-hybridized carbons (Fsp3) is 0.368. The molecule has 8 aromatic rings. The number of hydrogen-bond donors (Lipinski definition) is 13. The number of carbonyl (C=O) groups excluding carboxylic acids is 9. The van der Waals surface area contributed by atoms with Gasteiger partial charge >= 0.3 is 29.8 Å². The van der Waals surface area contributed by atoms with Crippen LogP contribution in [0.5, 0.6) is 23.0 Å². The van der Waals surface area contributed by atoms with E-state index in [0.717, 1.165) is 39.0 Å². The summed E-state index contributed by atoms with van der Waals surface area (Å²) in [5.74, 6) is -8.93. The number of ketones is 2. The Labute approximate surface area is 774 Å². The number of aliphatic carboxylic acids is 2. The van der Waals surface area contributed by atoms with Crippen LogP contribution in [0, 0.1) is 13.8 Å². The lowest BCUT2D eigenvalue weighted by molar-refractivity contribution is -0.154. The van der Waals surface area contributed by atoms with Crippen molar-refractivity contribution in [3.8, 4) is 23.0 Å². The van der Waals surface area contributed by atoms with Crippen molar-refractivity contribution in [1.29, 1.82) is 0 Å². The number of carbonyl (C=O) groups is 12. The Morgan fingerprint density at radius 1 is 0.600 bits per heavy atom. The first-order valence-electron chi connectivity index (χ1n) is 43.5. The largest absolute Gasteiger partial charge is 0.493 e. The molecule has 135 heavy (non-hydrogen) atoms. The van der Waals surface area contributed by atoms with Crippen molar-refractivity contribution in [2.45, 2.75) is 130 Å². The first-order chi connectivity index (χ1) is 64.9. The number of ether oxygens (including phenoxy) is 9. The van der Waals surface area contributed by atoms with Gasteiger partial charge in [-0.25, -0.2) is 24.5 Å². The van der Waals surface area contributed by atoms with Gasteiger partial charge in [0, 0.05) is 115 Å². The van der Waals surface area contributed by atoms with Gasteiger partial charge in [0.1, 0.15) is 6.61 Å². The number of fused-ring (bicyclic) bond motifs is 9. The number of nitrogens with two attached hydrogens (primary N) is 1. The molecule has 714 valence electrons. The molecule has 3 atom stereocenters. The number of aromatic nitrogens is 8. The maximum Gasteiger partial charge on any atom is 0.354 e. The number of nitrogens with zero attached hydrogens (tertiary/aromatic N) is 5. The van der Waals surface area contributed by atoms with E-state index in [-0.39, 0.29) is 223 Å². The fourth-order valence-electron chi connectivity index (χ4n) is 14.6. The minimum Gasteiger partial charge on any atom is -0.493 e. The fourth-order valence-corrected chi connectivity index (χ4v) is 14.6. The Bertz CT molecular complexity index is 6080. The lowest BCUT2D eigenvalue weighted by atomic mass is 9.85. The predicted octanol–water partition coefficient (Wildman–Crippen LogP) is 8.64. The summed E-state index contributed by atoms with van der Waals surface area (Å²) in [5, 5.41) is 46.8. The number of nitrogens with one attached hydrogen (secondary N) is 9. The number of aromatic amines is 3. The lowest BCUT2D eigenvalue weighted by Gasteiger charge is -2.18. The molecule has 2 aliphatic rings. The summed E-state index contributed by atoms with van der Waals surface area (Å²) >= 11 is 0. The second-order valence-corrected chi connectivity index (χ2v) is 31.1. The van der Waals surface area contributed by atoms with E-state index in [0.29, 0.717) is 57.1 Å². The van der Waals surface area contributed by atoms with Crippen LogP contribution in [0.1, 0.15) is 179 Å². The van der Waals surface area contributed by atoms with Crippen LogP contribution in [-0.2, 0) is 84.6 Å². The van der Waals surface area contributed by atoms with Crippen LogP contribution in [0.15, 0.2) is 109 Å². The van der Waals surface area contributed by atoms with Gasteiger partial charge in [-0.15, -0.1) is 0 Å². The van der Waals surface area contributed by atoms with Crippen LogP contribution >= 0.6 is 0 Å². The number of carboxylic acids is 3. The summed E-state index contributed by atoms with van der Waals surface area (Å²) in [5.41, 5.74) is 16.0.